The Labute approximate surface area is 117 Å². The largest absolute Gasteiger partial charge is 0.381 e. The van der Waals surface area contributed by atoms with Crippen LogP contribution in [0.3, 0.4) is 0 Å². The van der Waals surface area contributed by atoms with Crippen molar-refractivity contribution in [2.75, 3.05) is 19.8 Å². The quantitative estimate of drug-likeness (QED) is 0.841. The maximum atomic E-state index is 5.43. The first-order chi connectivity index (χ1) is 9.38. The molecule has 2 heteroatoms. The first-order valence-electron chi connectivity index (χ1n) is 8.69. The van der Waals surface area contributed by atoms with Crippen molar-refractivity contribution >= 4 is 0 Å². The van der Waals surface area contributed by atoms with Crippen LogP contribution in [0, 0.1) is 29.6 Å². The van der Waals surface area contributed by atoms with Crippen LogP contribution < -0.4 is 5.32 Å². The molecule has 0 aromatic rings. The van der Waals surface area contributed by atoms with Crippen molar-refractivity contribution in [2.24, 2.45) is 29.6 Å². The van der Waals surface area contributed by atoms with Crippen LogP contribution in [-0.2, 0) is 4.74 Å². The SMILES string of the molecule is C(CC1C2CC3CC(C2)CC1C3)NC1CCOCC1. The Balaban J connectivity index is 1.26. The second kappa shape index (κ2) is 5.37. The molecule has 1 N–H and O–H groups in total. The van der Waals surface area contributed by atoms with Crippen LogP contribution in [0.25, 0.3) is 0 Å². The lowest BCUT2D eigenvalue weighted by Crippen LogP contribution is -2.46. The van der Waals surface area contributed by atoms with Gasteiger partial charge in [-0.2, -0.15) is 0 Å². The van der Waals surface area contributed by atoms with Gasteiger partial charge >= 0.3 is 0 Å². The summed E-state index contributed by atoms with van der Waals surface area (Å²) in [4.78, 5) is 0. The van der Waals surface area contributed by atoms with Gasteiger partial charge in [-0.1, -0.05) is 0 Å². The van der Waals surface area contributed by atoms with Crippen LogP contribution in [0.15, 0.2) is 0 Å². The molecular weight excluding hydrogens is 234 g/mol. The fourth-order valence-corrected chi connectivity index (χ4v) is 5.87. The van der Waals surface area contributed by atoms with Crippen LogP contribution in [0.1, 0.15) is 51.4 Å². The van der Waals surface area contributed by atoms with Gasteiger partial charge in [0.1, 0.15) is 0 Å². The molecule has 0 unspecified atom stereocenters. The monoisotopic (exact) mass is 263 g/mol. The van der Waals surface area contributed by atoms with Crippen molar-refractivity contribution in [3.05, 3.63) is 0 Å². The van der Waals surface area contributed by atoms with Crippen molar-refractivity contribution < 1.29 is 4.74 Å². The Bertz CT molecular complexity index is 282. The topological polar surface area (TPSA) is 21.3 Å². The Morgan fingerprint density at radius 2 is 1.47 bits per heavy atom. The van der Waals surface area contributed by atoms with E-state index in [1.165, 1.54) is 25.8 Å². The molecule has 0 aromatic heterocycles. The maximum Gasteiger partial charge on any atom is 0.0480 e. The molecule has 0 radical (unpaired) electrons. The first-order valence-corrected chi connectivity index (χ1v) is 8.69. The van der Waals surface area contributed by atoms with E-state index < -0.39 is 0 Å². The van der Waals surface area contributed by atoms with Gasteiger partial charge in [-0.3, -0.25) is 0 Å². The minimum atomic E-state index is 0.741. The summed E-state index contributed by atoms with van der Waals surface area (Å²) in [6, 6.07) is 0.741. The zero-order valence-corrected chi connectivity index (χ0v) is 12.2. The molecule has 0 aromatic carbocycles. The summed E-state index contributed by atoms with van der Waals surface area (Å²) < 4.78 is 5.43. The fraction of sp³-hybridized carbons (Fsp3) is 1.00. The number of hydrogen-bond donors (Lipinski definition) is 1. The lowest BCUT2D eigenvalue weighted by molar-refractivity contribution is -0.0398. The molecule has 4 aliphatic carbocycles. The Morgan fingerprint density at radius 1 is 0.842 bits per heavy atom. The van der Waals surface area contributed by atoms with E-state index in [0.29, 0.717) is 0 Å². The Kier molecular flexibility index (Phi) is 3.57. The van der Waals surface area contributed by atoms with Gasteiger partial charge in [0.15, 0.2) is 0 Å². The van der Waals surface area contributed by atoms with Crippen molar-refractivity contribution in [1.82, 2.24) is 5.32 Å². The smallest absolute Gasteiger partial charge is 0.0480 e. The molecule has 1 saturated heterocycles. The predicted octanol–water partition coefficient (Wildman–Crippen LogP) is 3.22. The average Bonchev–Trinajstić information content (AvgIpc) is 2.42. The van der Waals surface area contributed by atoms with E-state index in [9.17, 15) is 0 Å². The Morgan fingerprint density at radius 3 is 2.11 bits per heavy atom. The summed E-state index contributed by atoms with van der Waals surface area (Å²) in [5.74, 6) is 5.53. The lowest BCUT2D eigenvalue weighted by atomic mass is 9.51. The highest BCUT2D eigenvalue weighted by Gasteiger charge is 2.47. The van der Waals surface area contributed by atoms with Gasteiger partial charge in [-0.15, -0.1) is 0 Å². The van der Waals surface area contributed by atoms with Gasteiger partial charge in [0.25, 0.3) is 0 Å². The van der Waals surface area contributed by atoms with E-state index >= 15 is 0 Å². The van der Waals surface area contributed by atoms with Gasteiger partial charge in [0.05, 0.1) is 0 Å². The number of rotatable bonds is 4. The van der Waals surface area contributed by atoms with Crippen LogP contribution in [0.2, 0.25) is 0 Å². The third-order valence-electron chi connectivity index (χ3n) is 6.55. The molecular formula is C17H29NO. The highest BCUT2D eigenvalue weighted by Crippen LogP contribution is 2.57. The molecule has 0 amide bonds. The van der Waals surface area contributed by atoms with Crippen LogP contribution >= 0.6 is 0 Å². The predicted molar refractivity (Wildman–Crippen MR) is 77.0 cm³/mol. The highest BCUT2D eigenvalue weighted by molar-refractivity contribution is 4.98. The van der Waals surface area contributed by atoms with Crippen LogP contribution in [0.4, 0.5) is 0 Å². The van der Waals surface area contributed by atoms with Gasteiger partial charge in [-0.05, 0) is 87.5 Å². The minimum Gasteiger partial charge on any atom is -0.381 e. The molecule has 2 nitrogen and oxygen atoms in total. The summed E-state index contributed by atoms with van der Waals surface area (Å²) in [5, 5.41) is 3.80. The summed E-state index contributed by atoms with van der Waals surface area (Å²) in [5.41, 5.74) is 0. The summed E-state index contributed by atoms with van der Waals surface area (Å²) >= 11 is 0. The molecule has 108 valence electrons. The Hall–Kier alpha value is -0.0800. The third kappa shape index (κ3) is 2.58. The van der Waals surface area contributed by atoms with Crippen molar-refractivity contribution in [3.8, 4) is 0 Å². The fourth-order valence-electron chi connectivity index (χ4n) is 5.87. The van der Waals surface area contributed by atoms with E-state index in [-0.39, 0.29) is 0 Å². The molecule has 0 atom stereocenters. The third-order valence-corrected chi connectivity index (χ3v) is 6.55. The van der Waals surface area contributed by atoms with Crippen molar-refractivity contribution in [1.29, 1.82) is 0 Å². The van der Waals surface area contributed by atoms with E-state index in [4.69, 9.17) is 4.74 Å². The van der Waals surface area contributed by atoms with Crippen molar-refractivity contribution in [3.63, 3.8) is 0 Å². The molecule has 1 heterocycles. The standard InChI is InChI=1S/C17H29NO/c1(4-18-16-2-5-19-6-3-16)17-14-8-12-7-13(10-14)11-15(17)9-12/h12-18H,1-11H2. The summed E-state index contributed by atoms with van der Waals surface area (Å²) in [6.45, 7) is 3.20. The second-order valence-electron chi connectivity index (χ2n) is 7.72. The van der Waals surface area contributed by atoms with Crippen LogP contribution in [-0.4, -0.2) is 25.8 Å². The normalized spacial score (nSPS) is 45.8. The number of hydrogen-bond acceptors (Lipinski definition) is 2. The zero-order chi connectivity index (χ0) is 12.7. The minimum absolute atomic E-state index is 0.741. The molecule has 1 aliphatic heterocycles. The average molecular weight is 263 g/mol. The molecule has 5 aliphatic rings. The molecule has 5 fully saturated rings. The van der Waals surface area contributed by atoms with E-state index in [1.54, 1.807) is 32.1 Å². The first kappa shape index (κ1) is 12.6. The molecule has 0 spiro atoms. The highest BCUT2D eigenvalue weighted by atomic mass is 16.5. The summed E-state index contributed by atoms with van der Waals surface area (Å²) in [6.07, 6.45) is 11.8. The van der Waals surface area contributed by atoms with Gasteiger partial charge in [0.2, 0.25) is 0 Å². The van der Waals surface area contributed by atoms with Crippen LogP contribution in [0.5, 0.6) is 0 Å². The number of ether oxygens (including phenoxy) is 1. The van der Waals surface area contributed by atoms with Gasteiger partial charge < -0.3 is 10.1 Å². The van der Waals surface area contributed by atoms with E-state index in [0.717, 1.165) is 48.8 Å². The van der Waals surface area contributed by atoms with Gasteiger partial charge in [0, 0.05) is 19.3 Å². The summed E-state index contributed by atoms with van der Waals surface area (Å²) in [7, 11) is 0. The van der Waals surface area contributed by atoms with E-state index in [2.05, 4.69) is 5.32 Å². The molecule has 4 bridgehead atoms. The van der Waals surface area contributed by atoms with E-state index in [1.807, 2.05) is 0 Å². The molecule has 4 saturated carbocycles. The molecule has 5 rings (SSSR count). The zero-order valence-electron chi connectivity index (χ0n) is 12.2. The van der Waals surface area contributed by atoms with Gasteiger partial charge in [-0.25, -0.2) is 0 Å². The van der Waals surface area contributed by atoms with Crippen molar-refractivity contribution in [2.45, 2.75) is 57.4 Å². The molecule has 19 heavy (non-hydrogen) atoms. The number of nitrogens with one attached hydrogen (secondary N) is 1. The maximum absolute atomic E-state index is 5.43. The lowest BCUT2D eigenvalue weighted by Gasteiger charge is -2.54. The second-order valence-corrected chi connectivity index (χ2v) is 7.72.